The van der Waals surface area contributed by atoms with E-state index in [4.69, 9.17) is 9.15 Å². The number of hydrazone groups is 1. The summed E-state index contributed by atoms with van der Waals surface area (Å²) in [6, 6.07) is 17.1. The van der Waals surface area contributed by atoms with E-state index in [1.54, 1.807) is 42.5 Å². The fraction of sp³-hybridized carbons (Fsp3) is 0.0435. The topological polar surface area (TPSA) is 63.8 Å². The lowest BCUT2D eigenvalue weighted by molar-refractivity contribution is 0.0929. The molecule has 5 nitrogen and oxygen atoms in total. The lowest BCUT2D eigenvalue weighted by Gasteiger charge is -2.09. The average molecular weight is 625 g/mol. The summed E-state index contributed by atoms with van der Waals surface area (Å²) in [5, 5.41) is 4.77. The third-order valence-corrected chi connectivity index (χ3v) is 6.10. The SMILES string of the molecule is O=C(N/N=C\c1ccc(OCc2ccccc2F)c(Br)c1)c1cc2cc(Br)cc(Br)c2o1. The molecular weight excluding hydrogens is 611 g/mol. The van der Waals surface area contributed by atoms with Gasteiger partial charge >= 0.3 is 5.91 Å². The van der Waals surface area contributed by atoms with Crippen molar-refractivity contribution in [2.45, 2.75) is 6.61 Å². The highest BCUT2D eigenvalue weighted by Gasteiger charge is 2.14. The van der Waals surface area contributed by atoms with Gasteiger partial charge < -0.3 is 9.15 Å². The maximum atomic E-state index is 13.7. The second-order valence-corrected chi connectivity index (χ2v) is 9.31. The second kappa shape index (κ2) is 9.97. The van der Waals surface area contributed by atoms with Gasteiger partial charge in [0.1, 0.15) is 23.8 Å². The molecule has 0 fully saturated rings. The predicted octanol–water partition coefficient (Wildman–Crippen LogP) is 7.20. The quantitative estimate of drug-likeness (QED) is 0.182. The summed E-state index contributed by atoms with van der Waals surface area (Å²) in [4.78, 5) is 12.4. The van der Waals surface area contributed by atoms with Crippen LogP contribution in [0.25, 0.3) is 11.0 Å². The van der Waals surface area contributed by atoms with Gasteiger partial charge in [-0.05, 0) is 79.9 Å². The van der Waals surface area contributed by atoms with E-state index in [0.717, 1.165) is 19.9 Å². The molecule has 0 atom stereocenters. The minimum absolute atomic E-state index is 0.110. The van der Waals surface area contributed by atoms with Crippen molar-refractivity contribution in [1.29, 1.82) is 0 Å². The Kier molecular flexibility index (Phi) is 7.07. The number of nitrogens with zero attached hydrogens (tertiary/aromatic N) is 1. The molecule has 0 aliphatic rings. The number of hydrogen-bond donors (Lipinski definition) is 1. The number of ether oxygens (including phenoxy) is 1. The van der Waals surface area contributed by atoms with Gasteiger partial charge in [0.2, 0.25) is 0 Å². The second-order valence-electron chi connectivity index (χ2n) is 6.69. The third kappa shape index (κ3) is 5.28. The van der Waals surface area contributed by atoms with Gasteiger partial charge in [-0.3, -0.25) is 4.79 Å². The van der Waals surface area contributed by atoms with Crippen LogP contribution in [0.5, 0.6) is 5.75 Å². The van der Waals surface area contributed by atoms with Crippen LogP contribution in [0.2, 0.25) is 0 Å². The number of furan rings is 1. The van der Waals surface area contributed by atoms with E-state index < -0.39 is 5.91 Å². The Morgan fingerprint density at radius 3 is 2.66 bits per heavy atom. The summed E-state index contributed by atoms with van der Waals surface area (Å²) < 4.78 is 27.3. The Hall–Kier alpha value is -2.49. The number of carbonyl (C=O) groups excluding carboxylic acids is 1. The Labute approximate surface area is 208 Å². The number of halogens is 4. The van der Waals surface area contributed by atoms with Gasteiger partial charge in [0.05, 0.1) is 15.2 Å². The molecule has 32 heavy (non-hydrogen) atoms. The van der Waals surface area contributed by atoms with Crippen LogP contribution < -0.4 is 10.2 Å². The lowest BCUT2D eigenvalue weighted by atomic mass is 10.2. The number of hydrogen-bond acceptors (Lipinski definition) is 4. The molecule has 0 unspecified atom stereocenters. The van der Waals surface area contributed by atoms with Gasteiger partial charge in [0.15, 0.2) is 5.76 Å². The summed E-state index contributed by atoms with van der Waals surface area (Å²) in [5.41, 5.74) is 4.23. The van der Waals surface area contributed by atoms with Crippen LogP contribution in [0.4, 0.5) is 4.39 Å². The van der Waals surface area contributed by atoms with Gasteiger partial charge in [-0.15, -0.1) is 0 Å². The molecule has 9 heteroatoms. The van der Waals surface area contributed by atoms with Crippen LogP contribution in [-0.4, -0.2) is 12.1 Å². The van der Waals surface area contributed by atoms with Crippen molar-refractivity contribution in [2.75, 3.05) is 0 Å². The van der Waals surface area contributed by atoms with Gasteiger partial charge in [-0.1, -0.05) is 34.1 Å². The van der Waals surface area contributed by atoms with Gasteiger partial charge in [-0.25, -0.2) is 9.82 Å². The van der Waals surface area contributed by atoms with E-state index >= 15 is 0 Å². The zero-order valence-corrected chi connectivity index (χ0v) is 21.0. The van der Waals surface area contributed by atoms with Crippen LogP contribution in [0, 0.1) is 5.82 Å². The lowest BCUT2D eigenvalue weighted by Crippen LogP contribution is -2.16. The van der Waals surface area contributed by atoms with E-state index in [0.29, 0.717) is 21.4 Å². The first kappa shape index (κ1) is 22.7. The predicted molar refractivity (Wildman–Crippen MR) is 132 cm³/mol. The number of carbonyl (C=O) groups is 1. The van der Waals surface area contributed by atoms with Crippen molar-refractivity contribution in [1.82, 2.24) is 5.43 Å². The highest BCUT2D eigenvalue weighted by molar-refractivity contribution is 9.11. The summed E-state index contributed by atoms with van der Waals surface area (Å²) in [7, 11) is 0. The zero-order chi connectivity index (χ0) is 22.7. The normalized spacial score (nSPS) is 11.2. The van der Waals surface area contributed by atoms with Crippen LogP contribution in [0.1, 0.15) is 21.7 Å². The van der Waals surface area contributed by atoms with E-state index in [9.17, 15) is 9.18 Å². The Balaban J connectivity index is 1.39. The zero-order valence-electron chi connectivity index (χ0n) is 16.2. The molecule has 0 spiro atoms. The maximum absolute atomic E-state index is 13.7. The van der Waals surface area contributed by atoms with Crippen molar-refractivity contribution in [3.05, 3.63) is 96.8 Å². The molecule has 0 saturated heterocycles. The van der Waals surface area contributed by atoms with Crippen molar-refractivity contribution in [3.8, 4) is 5.75 Å². The molecule has 1 heterocycles. The summed E-state index contributed by atoms with van der Waals surface area (Å²) in [6.45, 7) is 0.110. The van der Waals surface area contributed by atoms with E-state index in [1.807, 2.05) is 12.1 Å². The van der Waals surface area contributed by atoms with Crippen LogP contribution >= 0.6 is 47.8 Å². The molecule has 0 saturated carbocycles. The fourth-order valence-corrected chi connectivity index (χ4v) is 4.74. The van der Waals surface area contributed by atoms with Crippen LogP contribution in [0.3, 0.4) is 0 Å². The largest absolute Gasteiger partial charge is 0.488 e. The Morgan fingerprint density at radius 1 is 1.06 bits per heavy atom. The van der Waals surface area contributed by atoms with Gasteiger partial charge in [0, 0.05) is 15.4 Å². The van der Waals surface area contributed by atoms with Crippen molar-refractivity contribution in [2.24, 2.45) is 5.10 Å². The maximum Gasteiger partial charge on any atom is 0.307 e. The standard InChI is InChI=1S/C23H14Br3FN2O3/c24-16-8-15-9-21(32-22(15)18(26)10-16)23(30)29-28-11-13-5-6-20(17(25)7-13)31-12-14-3-1-2-4-19(14)27/h1-11H,12H2,(H,29,30)/b28-11-. The number of nitrogens with one attached hydrogen (secondary N) is 1. The number of fused-ring (bicyclic) bond motifs is 1. The number of benzene rings is 3. The first-order valence-corrected chi connectivity index (χ1v) is 11.7. The summed E-state index contributed by atoms with van der Waals surface area (Å²) in [6.07, 6.45) is 1.50. The average Bonchev–Trinajstić information content (AvgIpc) is 3.19. The molecule has 3 aromatic carbocycles. The molecule has 4 aromatic rings. The van der Waals surface area contributed by atoms with E-state index in [-0.39, 0.29) is 18.2 Å². The van der Waals surface area contributed by atoms with Gasteiger partial charge in [0.25, 0.3) is 0 Å². The third-order valence-electron chi connectivity index (χ3n) is 4.44. The molecule has 0 radical (unpaired) electrons. The van der Waals surface area contributed by atoms with Crippen molar-refractivity contribution >= 4 is 70.9 Å². The molecule has 1 N–H and O–H groups in total. The Bertz CT molecular complexity index is 1340. The highest BCUT2D eigenvalue weighted by Crippen LogP contribution is 2.31. The molecule has 162 valence electrons. The molecule has 0 aliphatic carbocycles. The smallest absolute Gasteiger partial charge is 0.307 e. The number of amides is 1. The fourth-order valence-electron chi connectivity index (χ4n) is 2.89. The molecule has 1 aromatic heterocycles. The molecule has 0 aliphatic heterocycles. The Morgan fingerprint density at radius 2 is 1.88 bits per heavy atom. The minimum atomic E-state index is -0.468. The first-order chi connectivity index (χ1) is 15.4. The van der Waals surface area contributed by atoms with E-state index in [2.05, 4.69) is 58.3 Å². The molecule has 0 bridgehead atoms. The molecule has 1 amide bonds. The van der Waals surface area contributed by atoms with Crippen molar-refractivity contribution in [3.63, 3.8) is 0 Å². The van der Waals surface area contributed by atoms with Crippen LogP contribution in [0.15, 0.2) is 83.6 Å². The summed E-state index contributed by atoms with van der Waals surface area (Å²) in [5.74, 6) is -0.0700. The molecule has 4 rings (SSSR count). The number of rotatable bonds is 6. The highest BCUT2D eigenvalue weighted by atomic mass is 79.9. The molecular formula is C23H14Br3FN2O3. The minimum Gasteiger partial charge on any atom is -0.488 e. The van der Waals surface area contributed by atoms with E-state index in [1.165, 1.54) is 12.3 Å². The van der Waals surface area contributed by atoms with Crippen molar-refractivity contribution < 1.29 is 18.3 Å². The summed E-state index contributed by atoms with van der Waals surface area (Å²) >= 11 is 10.3. The van der Waals surface area contributed by atoms with Crippen LogP contribution in [-0.2, 0) is 6.61 Å². The van der Waals surface area contributed by atoms with Gasteiger partial charge in [-0.2, -0.15) is 5.10 Å². The monoisotopic (exact) mass is 622 g/mol. The first-order valence-electron chi connectivity index (χ1n) is 9.28.